The highest BCUT2D eigenvalue weighted by Crippen LogP contribution is 2.43. The van der Waals surface area contributed by atoms with Gasteiger partial charge in [-0.05, 0) is 66.1 Å². The molecule has 0 spiro atoms. The second kappa shape index (κ2) is 12.0. The average Bonchev–Trinajstić information content (AvgIpc) is 2.95. The second-order valence-electron chi connectivity index (χ2n) is 11.7. The van der Waals surface area contributed by atoms with Crippen molar-refractivity contribution in [2.75, 3.05) is 43.4 Å². The van der Waals surface area contributed by atoms with Crippen molar-refractivity contribution in [3.05, 3.63) is 82.0 Å². The predicted octanol–water partition coefficient (Wildman–Crippen LogP) is 5.69. The number of carbonyl (C=O) groups excluding carboxylic acids is 1. The van der Waals surface area contributed by atoms with Crippen molar-refractivity contribution < 1.29 is 19.4 Å². The SMILES string of the molecule is CC1(C)CCC(CN2CCN(c3ccc(C(=O)O)c(Oc4cnc(N)c(C(N)=O)c4)c3)CC2)=C(c2ccc(Cl)cc2)C1. The number of amides is 1. The quantitative estimate of drug-likeness (QED) is 0.305. The highest BCUT2D eigenvalue weighted by molar-refractivity contribution is 6.30. The van der Waals surface area contributed by atoms with Crippen LogP contribution in [-0.4, -0.2) is 59.6 Å². The van der Waals surface area contributed by atoms with Crippen LogP contribution in [0.25, 0.3) is 5.57 Å². The third-order valence-corrected chi connectivity index (χ3v) is 8.36. The maximum atomic E-state index is 11.9. The lowest BCUT2D eigenvalue weighted by atomic mass is 9.72. The number of nitrogens with two attached hydrogens (primary N) is 2. The molecule has 1 aromatic heterocycles. The van der Waals surface area contributed by atoms with Gasteiger partial charge < -0.3 is 26.2 Å². The van der Waals surface area contributed by atoms with E-state index >= 15 is 0 Å². The van der Waals surface area contributed by atoms with Crippen LogP contribution in [0.5, 0.6) is 11.5 Å². The number of rotatable bonds is 8. The molecule has 2 heterocycles. The van der Waals surface area contributed by atoms with Gasteiger partial charge >= 0.3 is 5.97 Å². The number of piperazine rings is 1. The lowest BCUT2D eigenvalue weighted by Gasteiger charge is -2.39. The smallest absolute Gasteiger partial charge is 0.339 e. The molecule has 0 atom stereocenters. The number of hydrogen-bond acceptors (Lipinski definition) is 7. The van der Waals surface area contributed by atoms with Gasteiger partial charge in [0.1, 0.15) is 22.9 Å². The number of carboxylic acid groups (broad SMARTS) is 1. The molecular weight excluding hydrogens is 554 g/mol. The van der Waals surface area contributed by atoms with E-state index in [4.69, 9.17) is 27.8 Å². The van der Waals surface area contributed by atoms with Crippen molar-refractivity contribution in [3.8, 4) is 11.5 Å². The van der Waals surface area contributed by atoms with Gasteiger partial charge in [-0.25, -0.2) is 9.78 Å². The van der Waals surface area contributed by atoms with Gasteiger partial charge in [-0.15, -0.1) is 0 Å². The molecular formula is C32H36ClN5O4. The molecule has 0 bridgehead atoms. The zero-order valence-electron chi connectivity index (χ0n) is 23.9. The highest BCUT2D eigenvalue weighted by atomic mass is 35.5. The first-order valence-corrected chi connectivity index (χ1v) is 14.4. The Hall–Kier alpha value is -4.08. The fourth-order valence-corrected chi connectivity index (χ4v) is 5.83. The van der Waals surface area contributed by atoms with Crippen LogP contribution in [0.15, 0.2) is 60.3 Å². The van der Waals surface area contributed by atoms with Gasteiger partial charge in [0.05, 0.1) is 11.8 Å². The van der Waals surface area contributed by atoms with Crippen molar-refractivity contribution in [1.29, 1.82) is 0 Å². The van der Waals surface area contributed by atoms with Crippen molar-refractivity contribution in [2.45, 2.75) is 33.1 Å². The molecule has 5 rings (SSSR count). The van der Waals surface area contributed by atoms with Crippen LogP contribution in [-0.2, 0) is 0 Å². The summed E-state index contributed by atoms with van der Waals surface area (Å²) in [5.74, 6) is -1.58. The number of halogens is 1. The Labute approximate surface area is 250 Å². The largest absolute Gasteiger partial charge is 0.478 e. The molecule has 2 aromatic carbocycles. The number of carboxylic acids is 1. The van der Waals surface area contributed by atoms with Crippen LogP contribution < -0.4 is 21.1 Å². The number of ether oxygens (including phenoxy) is 1. The number of nitrogens with zero attached hydrogens (tertiary/aromatic N) is 3. The first-order valence-electron chi connectivity index (χ1n) is 14.0. The maximum absolute atomic E-state index is 11.9. The number of aromatic carboxylic acids is 1. The van der Waals surface area contributed by atoms with Gasteiger partial charge in [0.15, 0.2) is 0 Å². The second-order valence-corrected chi connectivity index (χ2v) is 12.2. The Morgan fingerprint density at radius 3 is 2.43 bits per heavy atom. The van der Waals surface area contributed by atoms with E-state index in [0.717, 1.165) is 56.3 Å². The van der Waals surface area contributed by atoms with E-state index in [2.05, 4.69) is 40.8 Å². The topological polar surface area (TPSA) is 135 Å². The van der Waals surface area contributed by atoms with Crippen molar-refractivity contribution >= 4 is 40.6 Å². The number of carbonyl (C=O) groups is 2. The highest BCUT2D eigenvalue weighted by Gasteiger charge is 2.29. The molecule has 0 unspecified atom stereocenters. The third kappa shape index (κ3) is 6.69. The van der Waals surface area contributed by atoms with Crippen molar-refractivity contribution in [1.82, 2.24) is 9.88 Å². The Morgan fingerprint density at radius 2 is 1.76 bits per heavy atom. The summed E-state index contributed by atoms with van der Waals surface area (Å²) in [5, 5.41) is 10.5. The zero-order valence-corrected chi connectivity index (χ0v) is 24.7. The van der Waals surface area contributed by atoms with Crippen LogP contribution in [0, 0.1) is 5.41 Å². The van der Waals surface area contributed by atoms with Gasteiger partial charge in [-0.2, -0.15) is 0 Å². The van der Waals surface area contributed by atoms with Gasteiger partial charge in [0.25, 0.3) is 5.91 Å². The molecule has 1 amide bonds. The molecule has 1 aliphatic carbocycles. The lowest BCUT2D eigenvalue weighted by molar-refractivity contribution is 0.0693. The number of nitrogen functional groups attached to an aromatic ring is 1. The number of aromatic nitrogens is 1. The maximum Gasteiger partial charge on any atom is 0.339 e. The summed E-state index contributed by atoms with van der Waals surface area (Å²) < 4.78 is 5.89. The molecule has 3 aromatic rings. The Kier molecular flexibility index (Phi) is 8.43. The first-order chi connectivity index (χ1) is 20.0. The van der Waals surface area contributed by atoms with Gasteiger partial charge in [0, 0.05) is 49.5 Å². The minimum Gasteiger partial charge on any atom is -0.478 e. The number of hydrogen-bond donors (Lipinski definition) is 3. The molecule has 0 saturated carbocycles. The molecule has 220 valence electrons. The Balaban J connectivity index is 1.31. The number of primary amides is 1. The predicted molar refractivity (Wildman–Crippen MR) is 165 cm³/mol. The van der Waals surface area contributed by atoms with E-state index in [1.165, 1.54) is 41.5 Å². The third-order valence-electron chi connectivity index (χ3n) is 8.11. The molecule has 1 fully saturated rings. The van der Waals surface area contributed by atoms with E-state index in [1.54, 1.807) is 12.1 Å². The number of anilines is 2. The molecule has 5 N–H and O–H groups in total. The lowest BCUT2D eigenvalue weighted by Crippen LogP contribution is -2.47. The van der Waals surface area contributed by atoms with Crippen molar-refractivity contribution in [3.63, 3.8) is 0 Å². The standard InChI is InChI=1S/C32H36ClN5O4/c1-32(2)10-9-21(27(17-32)20-3-5-22(33)6-4-20)19-37-11-13-38(14-12-37)23-7-8-25(31(40)41)28(15-23)42-24-16-26(30(35)39)29(34)36-18-24/h3-8,15-16,18H,9-14,17,19H2,1-2H3,(H2,34,36)(H2,35,39)(H,40,41). The van der Waals surface area contributed by atoms with E-state index in [1.807, 2.05) is 12.1 Å². The fraction of sp³-hybridized carbons (Fsp3) is 0.344. The van der Waals surface area contributed by atoms with Crippen LogP contribution >= 0.6 is 11.6 Å². The van der Waals surface area contributed by atoms with E-state index < -0.39 is 11.9 Å². The van der Waals surface area contributed by atoms with Gasteiger partial charge in [0.2, 0.25) is 0 Å². The summed E-state index contributed by atoms with van der Waals surface area (Å²) in [7, 11) is 0. The monoisotopic (exact) mass is 589 g/mol. The minimum atomic E-state index is -1.12. The molecule has 1 saturated heterocycles. The number of pyridine rings is 1. The number of benzene rings is 2. The minimum absolute atomic E-state index is 0.00303. The molecule has 0 radical (unpaired) electrons. The Morgan fingerprint density at radius 1 is 1.05 bits per heavy atom. The number of allylic oxidation sites excluding steroid dienone is 1. The summed E-state index contributed by atoms with van der Waals surface area (Å²) in [4.78, 5) is 32.3. The molecule has 42 heavy (non-hydrogen) atoms. The van der Waals surface area contributed by atoms with Crippen LogP contribution in [0.4, 0.5) is 11.5 Å². The summed E-state index contributed by atoms with van der Waals surface area (Å²) in [6.45, 7) is 8.94. The summed E-state index contributed by atoms with van der Waals surface area (Å²) in [6.07, 6.45) is 4.63. The normalized spacial score (nSPS) is 17.3. The summed E-state index contributed by atoms with van der Waals surface area (Å²) in [6, 6.07) is 14.6. The van der Waals surface area contributed by atoms with Crippen LogP contribution in [0.1, 0.15) is 59.4 Å². The molecule has 1 aliphatic heterocycles. The van der Waals surface area contributed by atoms with E-state index in [9.17, 15) is 14.7 Å². The Bertz CT molecular complexity index is 1530. The van der Waals surface area contributed by atoms with Crippen LogP contribution in [0.2, 0.25) is 5.02 Å². The van der Waals surface area contributed by atoms with Gasteiger partial charge in [-0.1, -0.05) is 43.2 Å². The fourth-order valence-electron chi connectivity index (χ4n) is 5.70. The van der Waals surface area contributed by atoms with Crippen molar-refractivity contribution in [2.24, 2.45) is 11.1 Å². The first kappa shape index (κ1) is 29.4. The van der Waals surface area contributed by atoms with Crippen LogP contribution in [0.3, 0.4) is 0 Å². The molecule has 10 heteroatoms. The molecule has 2 aliphatic rings. The van der Waals surface area contributed by atoms with Gasteiger partial charge in [-0.3, -0.25) is 9.69 Å². The van der Waals surface area contributed by atoms with E-state index in [0.29, 0.717) is 0 Å². The average molecular weight is 590 g/mol. The van der Waals surface area contributed by atoms with E-state index in [-0.39, 0.29) is 33.9 Å². The summed E-state index contributed by atoms with van der Waals surface area (Å²) >= 11 is 6.17. The summed E-state index contributed by atoms with van der Waals surface area (Å²) in [5.41, 5.74) is 16.4. The zero-order chi connectivity index (χ0) is 30.0. The molecule has 9 nitrogen and oxygen atoms in total.